The molecule has 4 rings (SSSR count). The predicted octanol–water partition coefficient (Wildman–Crippen LogP) is 6.41. The van der Waals surface area contributed by atoms with E-state index in [2.05, 4.69) is 0 Å². The number of methoxy groups -OCH3 is 1. The SMILES string of the molecule is COc1cc(C)ccc1-c1c(C(OC(C)(C)C)C(=O)O)c(C)nc2sc3c(c12)CCCC3. The van der Waals surface area contributed by atoms with Gasteiger partial charge in [0.1, 0.15) is 10.6 Å². The fourth-order valence-corrected chi connectivity index (χ4v) is 5.93. The van der Waals surface area contributed by atoms with Gasteiger partial charge in [-0.15, -0.1) is 11.3 Å². The van der Waals surface area contributed by atoms with Crippen molar-refractivity contribution >= 4 is 27.5 Å². The fourth-order valence-electron chi connectivity index (χ4n) is 4.61. The minimum Gasteiger partial charge on any atom is -0.496 e. The van der Waals surface area contributed by atoms with Crippen molar-refractivity contribution in [1.82, 2.24) is 4.98 Å². The molecule has 3 aromatic rings. The Balaban J connectivity index is 2.13. The van der Waals surface area contributed by atoms with Crippen LogP contribution >= 0.6 is 11.3 Å². The van der Waals surface area contributed by atoms with Gasteiger partial charge in [0.2, 0.25) is 0 Å². The van der Waals surface area contributed by atoms with Crippen molar-refractivity contribution in [2.24, 2.45) is 0 Å². The Labute approximate surface area is 193 Å². The highest BCUT2D eigenvalue weighted by Gasteiger charge is 2.34. The van der Waals surface area contributed by atoms with Crippen LogP contribution in [0.15, 0.2) is 18.2 Å². The standard InChI is InChI=1S/C26H31NO4S/c1-14-11-12-16(18(13-14)30-6)21-20(23(25(28)29)31-26(3,4)5)15(2)27-24-22(21)17-9-7-8-10-19(17)32-24/h11-13,23H,7-10H2,1-6H3,(H,28,29). The van der Waals surface area contributed by atoms with Crippen LogP contribution in [0, 0.1) is 13.8 Å². The first-order valence-corrected chi connectivity index (χ1v) is 11.9. The lowest BCUT2D eigenvalue weighted by atomic mass is 9.87. The van der Waals surface area contributed by atoms with Crippen LogP contribution in [-0.4, -0.2) is 28.8 Å². The van der Waals surface area contributed by atoms with Gasteiger partial charge in [-0.2, -0.15) is 0 Å². The number of fused-ring (bicyclic) bond motifs is 3. The Morgan fingerprint density at radius 3 is 2.56 bits per heavy atom. The molecule has 0 spiro atoms. The molecule has 170 valence electrons. The zero-order valence-electron chi connectivity index (χ0n) is 19.7. The van der Waals surface area contributed by atoms with Gasteiger partial charge in [0.15, 0.2) is 6.10 Å². The molecular weight excluding hydrogens is 422 g/mol. The highest BCUT2D eigenvalue weighted by molar-refractivity contribution is 7.19. The van der Waals surface area contributed by atoms with Gasteiger partial charge in [-0.1, -0.05) is 12.1 Å². The third-order valence-corrected chi connectivity index (χ3v) is 7.10. The van der Waals surface area contributed by atoms with Crippen LogP contribution in [0.2, 0.25) is 0 Å². The number of rotatable bonds is 5. The number of aliphatic carboxylic acids is 1. The molecule has 32 heavy (non-hydrogen) atoms. The monoisotopic (exact) mass is 453 g/mol. The highest BCUT2D eigenvalue weighted by atomic mass is 32.1. The van der Waals surface area contributed by atoms with Gasteiger partial charge in [0, 0.05) is 32.6 Å². The molecule has 0 saturated heterocycles. The summed E-state index contributed by atoms with van der Waals surface area (Å²) in [5.74, 6) is -0.283. The molecule has 1 aromatic carbocycles. The molecule has 0 amide bonds. The van der Waals surface area contributed by atoms with Crippen LogP contribution in [0.1, 0.15) is 67.0 Å². The van der Waals surface area contributed by atoms with Crippen LogP contribution in [-0.2, 0) is 22.4 Å². The number of benzene rings is 1. The first kappa shape index (κ1) is 22.7. The van der Waals surface area contributed by atoms with Gasteiger partial charge >= 0.3 is 5.97 Å². The van der Waals surface area contributed by atoms with E-state index in [-0.39, 0.29) is 0 Å². The molecule has 5 nitrogen and oxygen atoms in total. The highest BCUT2D eigenvalue weighted by Crippen LogP contribution is 2.47. The quantitative estimate of drug-likeness (QED) is 0.483. The number of ether oxygens (including phenoxy) is 2. The van der Waals surface area contributed by atoms with Crippen LogP contribution in [0.4, 0.5) is 0 Å². The van der Waals surface area contributed by atoms with Crippen molar-refractivity contribution in [1.29, 1.82) is 0 Å². The normalized spacial score (nSPS) is 14.9. The molecule has 1 aliphatic rings. The molecule has 1 unspecified atom stereocenters. The second-order valence-electron chi connectivity index (χ2n) is 9.53. The maximum Gasteiger partial charge on any atom is 0.337 e. The predicted molar refractivity (Wildman–Crippen MR) is 129 cm³/mol. The molecule has 0 radical (unpaired) electrons. The molecule has 0 bridgehead atoms. The Hall–Kier alpha value is -2.44. The Kier molecular flexibility index (Phi) is 6.03. The lowest BCUT2D eigenvalue weighted by Gasteiger charge is -2.28. The summed E-state index contributed by atoms with van der Waals surface area (Å²) < 4.78 is 11.9. The summed E-state index contributed by atoms with van der Waals surface area (Å²) >= 11 is 1.74. The zero-order valence-corrected chi connectivity index (χ0v) is 20.5. The first-order valence-electron chi connectivity index (χ1n) is 11.1. The molecule has 0 fully saturated rings. The third-order valence-electron chi connectivity index (χ3n) is 5.92. The molecule has 0 aliphatic heterocycles. The molecular formula is C26H31NO4S. The summed E-state index contributed by atoms with van der Waals surface area (Å²) in [6, 6.07) is 6.08. The first-order chi connectivity index (χ1) is 15.1. The van der Waals surface area contributed by atoms with Gasteiger partial charge in [-0.3, -0.25) is 0 Å². The third kappa shape index (κ3) is 4.14. The van der Waals surface area contributed by atoms with E-state index in [0.29, 0.717) is 11.3 Å². The van der Waals surface area contributed by atoms with Crippen molar-refractivity contribution in [2.75, 3.05) is 7.11 Å². The summed E-state index contributed by atoms with van der Waals surface area (Å²) in [7, 11) is 1.66. The van der Waals surface area contributed by atoms with E-state index in [9.17, 15) is 9.90 Å². The number of nitrogens with zero attached hydrogens (tertiary/aromatic N) is 1. The number of carbonyl (C=O) groups is 1. The number of hydrogen-bond donors (Lipinski definition) is 1. The average Bonchev–Trinajstić information content (AvgIpc) is 3.08. The minimum absolute atomic E-state index is 0.619. The van der Waals surface area contributed by atoms with E-state index < -0.39 is 17.7 Å². The number of hydrogen-bond acceptors (Lipinski definition) is 5. The van der Waals surface area contributed by atoms with E-state index in [4.69, 9.17) is 14.5 Å². The van der Waals surface area contributed by atoms with Crippen molar-refractivity contribution < 1.29 is 19.4 Å². The molecule has 0 saturated carbocycles. The number of aryl methyl sites for hydroxylation is 4. The van der Waals surface area contributed by atoms with Gasteiger partial charge < -0.3 is 14.6 Å². The lowest BCUT2D eigenvalue weighted by Crippen LogP contribution is -2.28. The van der Waals surface area contributed by atoms with E-state index >= 15 is 0 Å². The minimum atomic E-state index is -1.13. The van der Waals surface area contributed by atoms with Gasteiger partial charge in [0.25, 0.3) is 0 Å². The Bertz CT molecular complexity index is 1190. The summed E-state index contributed by atoms with van der Waals surface area (Å²) in [6.07, 6.45) is 3.22. The van der Waals surface area contributed by atoms with Gasteiger partial charge in [-0.05, 0) is 77.5 Å². The van der Waals surface area contributed by atoms with E-state index in [0.717, 1.165) is 51.9 Å². The van der Waals surface area contributed by atoms with Crippen molar-refractivity contribution in [2.45, 2.75) is 72.0 Å². The smallest absolute Gasteiger partial charge is 0.337 e. The van der Waals surface area contributed by atoms with Crippen LogP contribution in [0.5, 0.6) is 5.75 Å². The second-order valence-corrected chi connectivity index (χ2v) is 10.6. The maximum absolute atomic E-state index is 12.5. The van der Waals surface area contributed by atoms with E-state index in [1.807, 2.05) is 52.8 Å². The number of thiophene rings is 1. The van der Waals surface area contributed by atoms with E-state index in [1.165, 1.54) is 16.9 Å². The number of aromatic nitrogens is 1. The Morgan fingerprint density at radius 2 is 1.91 bits per heavy atom. The molecule has 1 N–H and O–H groups in total. The zero-order chi connectivity index (χ0) is 23.2. The summed E-state index contributed by atoms with van der Waals surface area (Å²) in [4.78, 5) is 19.7. The summed E-state index contributed by atoms with van der Waals surface area (Å²) in [5.41, 5.74) is 4.84. The fraction of sp³-hybridized carbons (Fsp3) is 0.462. The van der Waals surface area contributed by atoms with Crippen molar-refractivity contribution in [3.8, 4) is 16.9 Å². The molecule has 1 atom stereocenters. The molecule has 2 heterocycles. The Morgan fingerprint density at radius 1 is 1.19 bits per heavy atom. The summed E-state index contributed by atoms with van der Waals surface area (Å²) in [6.45, 7) is 9.55. The van der Waals surface area contributed by atoms with Crippen LogP contribution in [0.25, 0.3) is 21.3 Å². The molecule has 2 aromatic heterocycles. The largest absolute Gasteiger partial charge is 0.496 e. The second kappa shape index (κ2) is 8.49. The van der Waals surface area contributed by atoms with Crippen LogP contribution in [0.3, 0.4) is 0 Å². The maximum atomic E-state index is 12.5. The van der Waals surface area contributed by atoms with E-state index in [1.54, 1.807) is 18.4 Å². The molecule has 6 heteroatoms. The number of carboxylic acids is 1. The number of pyridine rings is 1. The van der Waals surface area contributed by atoms with Gasteiger partial charge in [-0.25, -0.2) is 9.78 Å². The summed E-state index contributed by atoms with van der Waals surface area (Å²) in [5, 5.41) is 11.3. The van der Waals surface area contributed by atoms with Crippen molar-refractivity contribution in [3.63, 3.8) is 0 Å². The van der Waals surface area contributed by atoms with Crippen molar-refractivity contribution in [3.05, 3.63) is 45.5 Å². The topological polar surface area (TPSA) is 68.7 Å². The lowest BCUT2D eigenvalue weighted by molar-refractivity contribution is -0.160. The molecule has 1 aliphatic carbocycles. The number of carboxylic acid groups (broad SMARTS) is 1. The van der Waals surface area contributed by atoms with Gasteiger partial charge in [0.05, 0.1) is 12.7 Å². The van der Waals surface area contributed by atoms with Crippen LogP contribution < -0.4 is 4.74 Å². The average molecular weight is 454 g/mol.